The largest absolute Gasteiger partial charge is 0.489 e. The van der Waals surface area contributed by atoms with Crippen LogP contribution in [0.5, 0.6) is 5.75 Å². The molecule has 0 spiro atoms. The maximum atomic E-state index is 6.26. The molecule has 18 heavy (non-hydrogen) atoms. The second kappa shape index (κ2) is 5.51. The Morgan fingerprint density at radius 3 is 2.89 bits per heavy atom. The fourth-order valence-electron chi connectivity index (χ4n) is 2.72. The average molecular weight is 248 g/mol. The van der Waals surface area contributed by atoms with E-state index < -0.39 is 0 Å². The van der Waals surface area contributed by atoms with Crippen molar-refractivity contribution in [3.63, 3.8) is 0 Å². The molecule has 100 valence electrons. The van der Waals surface area contributed by atoms with Gasteiger partial charge in [0, 0.05) is 12.6 Å². The van der Waals surface area contributed by atoms with Crippen LogP contribution in [-0.4, -0.2) is 18.7 Å². The molecule has 0 aromatic heterocycles. The van der Waals surface area contributed by atoms with Gasteiger partial charge in [-0.1, -0.05) is 13.0 Å². The van der Waals surface area contributed by atoms with Crippen LogP contribution in [0, 0.1) is 0 Å². The van der Waals surface area contributed by atoms with E-state index in [2.05, 4.69) is 17.9 Å². The van der Waals surface area contributed by atoms with E-state index in [0.717, 1.165) is 23.7 Å². The summed E-state index contributed by atoms with van der Waals surface area (Å²) in [7, 11) is 0. The molecule has 1 unspecified atom stereocenters. The van der Waals surface area contributed by atoms with Crippen LogP contribution >= 0.6 is 0 Å². The first kappa shape index (κ1) is 13.1. The highest BCUT2D eigenvalue weighted by atomic mass is 16.5. The Morgan fingerprint density at radius 2 is 2.22 bits per heavy atom. The van der Waals surface area contributed by atoms with Crippen molar-refractivity contribution in [3.05, 3.63) is 18.2 Å². The van der Waals surface area contributed by atoms with Gasteiger partial charge in [0.15, 0.2) is 0 Å². The minimum Gasteiger partial charge on any atom is -0.489 e. The molecule has 1 fully saturated rings. The molecule has 2 N–H and O–H groups in total. The quantitative estimate of drug-likeness (QED) is 0.830. The summed E-state index contributed by atoms with van der Waals surface area (Å²) in [5.41, 5.74) is 8.18. The van der Waals surface area contributed by atoms with E-state index in [1.54, 1.807) is 0 Å². The van der Waals surface area contributed by atoms with Crippen molar-refractivity contribution in [1.29, 1.82) is 0 Å². The van der Waals surface area contributed by atoms with Crippen LogP contribution in [0.1, 0.15) is 40.0 Å². The van der Waals surface area contributed by atoms with Crippen molar-refractivity contribution in [2.45, 2.75) is 52.2 Å². The Labute approximate surface area is 110 Å². The van der Waals surface area contributed by atoms with Crippen LogP contribution in [-0.2, 0) is 0 Å². The molecule has 0 saturated carbocycles. The molecule has 1 aliphatic heterocycles. The number of ether oxygens (including phenoxy) is 1. The SMILES string of the molecule is CCC1CCCN1c1cccc(OC(C)C)c1N. The summed E-state index contributed by atoms with van der Waals surface area (Å²) in [4.78, 5) is 2.43. The fraction of sp³-hybridized carbons (Fsp3) is 0.600. The molecule has 3 nitrogen and oxygen atoms in total. The fourth-order valence-corrected chi connectivity index (χ4v) is 2.72. The molecule has 0 bridgehead atoms. The van der Waals surface area contributed by atoms with Crippen molar-refractivity contribution >= 4 is 11.4 Å². The molecular formula is C15H24N2O. The van der Waals surface area contributed by atoms with Gasteiger partial charge in [0.05, 0.1) is 17.5 Å². The first-order valence-corrected chi connectivity index (χ1v) is 6.95. The van der Waals surface area contributed by atoms with E-state index in [4.69, 9.17) is 10.5 Å². The van der Waals surface area contributed by atoms with E-state index in [1.165, 1.54) is 19.3 Å². The number of hydrogen-bond acceptors (Lipinski definition) is 3. The molecule has 1 aromatic rings. The van der Waals surface area contributed by atoms with Crippen LogP contribution in [0.25, 0.3) is 0 Å². The zero-order valence-corrected chi connectivity index (χ0v) is 11.6. The number of nitrogens with two attached hydrogens (primary N) is 1. The van der Waals surface area contributed by atoms with Crippen molar-refractivity contribution in [1.82, 2.24) is 0 Å². The highest BCUT2D eigenvalue weighted by molar-refractivity contribution is 5.74. The highest BCUT2D eigenvalue weighted by Gasteiger charge is 2.25. The summed E-state index contributed by atoms with van der Waals surface area (Å²) >= 11 is 0. The number of hydrogen-bond donors (Lipinski definition) is 1. The standard InChI is InChI=1S/C15H24N2O/c1-4-12-7-6-10-17(12)13-8-5-9-14(15(13)16)18-11(2)3/h5,8-9,11-12H,4,6-7,10,16H2,1-3H3. The molecular weight excluding hydrogens is 224 g/mol. The summed E-state index contributed by atoms with van der Waals surface area (Å²) in [6.07, 6.45) is 3.86. The van der Waals surface area contributed by atoms with Gasteiger partial charge in [-0.3, -0.25) is 0 Å². The number of anilines is 2. The van der Waals surface area contributed by atoms with E-state index in [0.29, 0.717) is 6.04 Å². The van der Waals surface area contributed by atoms with Gasteiger partial charge < -0.3 is 15.4 Å². The molecule has 3 heteroatoms. The minimum atomic E-state index is 0.156. The van der Waals surface area contributed by atoms with Crippen molar-refractivity contribution in [3.8, 4) is 5.75 Å². The predicted molar refractivity (Wildman–Crippen MR) is 77.3 cm³/mol. The molecule has 1 atom stereocenters. The normalized spacial score (nSPS) is 19.6. The Balaban J connectivity index is 2.27. The van der Waals surface area contributed by atoms with Gasteiger partial charge in [-0.25, -0.2) is 0 Å². The highest BCUT2D eigenvalue weighted by Crippen LogP contribution is 2.37. The topological polar surface area (TPSA) is 38.5 Å². The molecule has 1 aromatic carbocycles. The van der Waals surface area contributed by atoms with Gasteiger partial charge in [-0.2, -0.15) is 0 Å². The number of benzene rings is 1. The summed E-state index contributed by atoms with van der Waals surface area (Å²) in [6, 6.07) is 6.72. The second-order valence-electron chi connectivity index (χ2n) is 5.25. The van der Waals surface area contributed by atoms with Crippen LogP contribution in [0.3, 0.4) is 0 Å². The van der Waals surface area contributed by atoms with Gasteiger partial charge in [0.2, 0.25) is 0 Å². The maximum Gasteiger partial charge on any atom is 0.144 e. The summed E-state index contributed by atoms with van der Waals surface area (Å²) in [5.74, 6) is 0.809. The molecule has 1 aliphatic rings. The lowest BCUT2D eigenvalue weighted by Crippen LogP contribution is -2.29. The van der Waals surface area contributed by atoms with Crippen LogP contribution < -0.4 is 15.4 Å². The average Bonchev–Trinajstić information content (AvgIpc) is 2.79. The lowest BCUT2D eigenvalue weighted by atomic mass is 10.1. The first-order chi connectivity index (χ1) is 8.63. The minimum absolute atomic E-state index is 0.156. The molecule has 1 saturated heterocycles. The van der Waals surface area contributed by atoms with Gasteiger partial charge in [-0.05, 0) is 45.2 Å². The second-order valence-corrected chi connectivity index (χ2v) is 5.25. The third-order valence-corrected chi connectivity index (χ3v) is 3.56. The first-order valence-electron chi connectivity index (χ1n) is 6.95. The third kappa shape index (κ3) is 2.55. The Bertz CT molecular complexity index is 403. The molecule has 0 aliphatic carbocycles. The van der Waals surface area contributed by atoms with Crippen molar-refractivity contribution in [2.24, 2.45) is 0 Å². The van der Waals surface area contributed by atoms with Crippen LogP contribution in [0.2, 0.25) is 0 Å². The summed E-state index contributed by atoms with van der Waals surface area (Å²) in [6.45, 7) is 7.40. The number of nitrogen functional groups attached to an aromatic ring is 1. The van der Waals surface area contributed by atoms with E-state index in [1.807, 2.05) is 26.0 Å². The van der Waals surface area contributed by atoms with Crippen LogP contribution in [0.4, 0.5) is 11.4 Å². The molecule has 0 amide bonds. The van der Waals surface area contributed by atoms with E-state index in [9.17, 15) is 0 Å². The van der Waals surface area contributed by atoms with E-state index >= 15 is 0 Å². The van der Waals surface area contributed by atoms with Crippen molar-refractivity contribution < 1.29 is 4.74 Å². The molecule has 0 radical (unpaired) electrons. The lowest BCUT2D eigenvalue weighted by Gasteiger charge is -2.28. The number of nitrogens with zero attached hydrogens (tertiary/aromatic N) is 1. The molecule has 1 heterocycles. The van der Waals surface area contributed by atoms with Crippen LogP contribution in [0.15, 0.2) is 18.2 Å². The monoisotopic (exact) mass is 248 g/mol. The maximum absolute atomic E-state index is 6.26. The Hall–Kier alpha value is -1.38. The van der Waals surface area contributed by atoms with E-state index in [-0.39, 0.29) is 6.10 Å². The zero-order chi connectivity index (χ0) is 13.1. The smallest absolute Gasteiger partial charge is 0.144 e. The van der Waals surface area contributed by atoms with Gasteiger partial charge >= 0.3 is 0 Å². The summed E-state index contributed by atoms with van der Waals surface area (Å²) in [5, 5.41) is 0. The lowest BCUT2D eigenvalue weighted by molar-refractivity contribution is 0.244. The van der Waals surface area contributed by atoms with Gasteiger partial charge in [0.1, 0.15) is 5.75 Å². The summed E-state index contributed by atoms with van der Waals surface area (Å²) < 4.78 is 5.76. The molecule has 2 rings (SSSR count). The van der Waals surface area contributed by atoms with Crippen molar-refractivity contribution in [2.75, 3.05) is 17.2 Å². The predicted octanol–water partition coefficient (Wildman–Crippen LogP) is 3.43. The third-order valence-electron chi connectivity index (χ3n) is 3.56. The number of para-hydroxylation sites is 1. The Morgan fingerprint density at radius 1 is 1.44 bits per heavy atom. The van der Waals surface area contributed by atoms with Gasteiger partial charge in [0.25, 0.3) is 0 Å². The zero-order valence-electron chi connectivity index (χ0n) is 11.6. The van der Waals surface area contributed by atoms with Gasteiger partial charge in [-0.15, -0.1) is 0 Å². The Kier molecular flexibility index (Phi) is 4.00. The number of rotatable bonds is 4.